The number of Topliss-reactive ketones (excluding diaryl/α,β-unsaturated/α-hetero) is 1. The molecule has 5 amide bonds. The molecule has 0 spiro atoms. The van der Waals surface area contributed by atoms with E-state index < -0.39 is 82.0 Å². The molecule has 0 aromatic heterocycles. The third kappa shape index (κ3) is 7.79. The predicted octanol–water partition coefficient (Wildman–Crippen LogP) is 1.50. The lowest BCUT2D eigenvalue weighted by Crippen LogP contribution is -2.62. The van der Waals surface area contributed by atoms with Crippen molar-refractivity contribution in [3.8, 4) is 0 Å². The first-order valence-electron chi connectivity index (χ1n) is 17.0. The average Bonchev–Trinajstić information content (AvgIpc) is 3.62. The molecule has 1 aliphatic heterocycles. The van der Waals surface area contributed by atoms with Gasteiger partial charge in [-0.25, -0.2) is 26.3 Å². The Kier molecular flexibility index (Phi) is 11.2. The van der Waals surface area contributed by atoms with Gasteiger partial charge in [-0.2, -0.15) is 0 Å². The average molecular weight is 715 g/mol. The lowest BCUT2D eigenvalue weighted by atomic mass is 9.85. The molecule has 8 atom stereocenters. The molecule has 3 saturated carbocycles. The van der Waals surface area contributed by atoms with Crippen molar-refractivity contribution in [3.05, 3.63) is 12.7 Å². The Bertz CT molecular complexity index is 1440. The summed E-state index contributed by atoms with van der Waals surface area (Å²) in [6.45, 7) is 13.1. The van der Waals surface area contributed by atoms with Crippen LogP contribution < -0.4 is 21.3 Å². The summed E-state index contributed by atoms with van der Waals surface area (Å²) in [5, 5.41) is 10.4. The van der Waals surface area contributed by atoms with Crippen LogP contribution in [0.1, 0.15) is 60.3 Å². The molecule has 4 fully saturated rings. The van der Waals surface area contributed by atoms with Crippen LogP contribution in [0.3, 0.4) is 0 Å². The number of urea groups is 1. The van der Waals surface area contributed by atoms with Crippen molar-refractivity contribution in [1.82, 2.24) is 30.5 Å². The molecule has 16 heteroatoms. The molecule has 49 heavy (non-hydrogen) atoms. The quantitative estimate of drug-likeness (QED) is 0.147. The van der Waals surface area contributed by atoms with Gasteiger partial charge in [0, 0.05) is 38.5 Å². The van der Waals surface area contributed by atoms with Crippen molar-refractivity contribution in [2.45, 2.75) is 90.9 Å². The lowest BCUT2D eigenvalue weighted by Gasteiger charge is -2.37. The first kappa shape index (κ1) is 38.7. The number of amides is 5. The number of fused-ring (bicyclic) bond motifs is 2. The smallest absolute Gasteiger partial charge is 0.315 e. The Labute approximate surface area is 287 Å². The minimum Gasteiger partial charge on any atom is -0.346 e. The number of nitrogens with zero attached hydrogens (tertiary/aromatic N) is 2. The van der Waals surface area contributed by atoms with Crippen molar-refractivity contribution in [2.75, 3.05) is 32.9 Å². The van der Waals surface area contributed by atoms with Crippen molar-refractivity contribution in [1.29, 1.82) is 0 Å². The van der Waals surface area contributed by atoms with Gasteiger partial charge in [-0.15, -0.1) is 6.58 Å². The van der Waals surface area contributed by atoms with Crippen molar-refractivity contribution in [3.63, 3.8) is 0 Å². The maximum absolute atomic E-state index is 14.4. The van der Waals surface area contributed by atoms with Gasteiger partial charge in [0.15, 0.2) is 0 Å². The van der Waals surface area contributed by atoms with E-state index in [2.05, 4.69) is 41.7 Å². The second kappa shape index (κ2) is 14.2. The number of halogens is 2. The number of likely N-dealkylation sites (N-methyl/N-ethyl adjacent to an activating group) is 1. The van der Waals surface area contributed by atoms with E-state index >= 15 is 0 Å². The minimum atomic E-state index is -3.53. The molecular formula is C33H52F2N6O7S. The topological polar surface area (TPSA) is 174 Å². The van der Waals surface area contributed by atoms with Gasteiger partial charge < -0.3 is 26.2 Å². The van der Waals surface area contributed by atoms with E-state index in [-0.39, 0.29) is 36.9 Å². The summed E-state index contributed by atoms with van der Waals surface area (Å²) in [6.07, 6.45) is 0.481. The molecule has 4 aliphatic rings. The number of carbonyl (C=O) groups is 5. The van der Waals surface area contributed by atoms with E-state index in [4.69, 9.17) is 0 Å². The van der Waals surface area contributed by atoms with Crippen LogP contribution in [0, 0.1) is 40.4 Å². The predicted molar refractivity (Wildman–Crippen MR) is 178 cm³/mol. The maximum atomic E-state index is 14.4. The number of rotatable bonds is 15. The van der Waals surface area contributed by atoms with E-state index in [0.717, 1.165) is 19.1 Å². The highest BCUT2D eigenvalue weighted by Crippen LogP contribution is 2.85. The Morgan fingerprint density at radius 2 is 1.69 bits per heavy atom. The van der Waals surface area contributed by atoms with Gasteiger partial charge in [0.05, 0.1) is 12.3 Å². The van der Waals surface area contributed by atoms with Crippen LogP contribution in [0.5, 0.6) is 0 Å². The summed E-state index contributed by atoms with van der Waals surface area (Å²) in [7, 11) is -2.08. The third-order valence-corrected chi connectivity index (χ3v) is 12.7. The number of nitrogens with one attached hydrogen (secondary N) is 4. The van der Waals surface area contributed by atoms with Gasteiger partial charge in [-0.3, -0.25) is 19.2 Å². The number of ketones is 1. The zero-order chi connectivity index (χ0) is 36.8. The molecule has 0 bridgehead atoms. The largest absolute Gasteiger partial charge is 0.346 e. The summed E-state index contributed by atoms with van der Waals surface area (Å²) in [4.78, 5) is 68.4. The van der Waals surface area contributed by atoms with E-state index in [0.29, 0.717) is 24.2 Å². The Hall–Kier alpha value is -3.14. The number of likely N-dealkylation sites (tertiary alicyclic amines) is 1. The fraction of sp³-hybridized carbons (Fsp3) is 0.788. The summed E-state index contributed by atoms with van der Waals surface area (Å²) < 4.78 is 52.7. The first-order chi connectivity index (χ1) is 22.7. The van der Waals surface area contributed by atoms with Crippen LogP contribution in [-0.2, 0) is 29.2 Å². The Morgan fingerprint density at radius 3 is 2.20 bits per heavy atom. The first-order valence-corrected chi connectivity index (χ1v) is 18.8. The highest BCUT2D eigenvalue weighted by atomic mass is 32.2. The normalized spacial score (nSPS) is 30.5. The number of hydrogen-bond donors (Lipinski definition) is 4. The van der Waals surface area contributed by atoms with Crippen LogP contribution >= 0.6 is 0 Å². The maximum Gasteiger partial charge on any atom is 0.315 e. The summed E-state index contributed by atoms with van der Waals surface area (Å²) in [5.74, 6) is -3.09. The summed E-state index contributed by atoms with van der Waals surface area (Å²) in [5.41, 5.74) is -1.08. The zero-order valence-corrected chi connectivity index (χ0v) is 30.2. The third-order valence-electron chi connectivity index (χ3n) is 11.4. The van der Waals surface area contributed by atoms with Gasteiger partial charge >= 0.3 is 6.03 Å². The van der Waals surface area contributed by atoms with Gasteiger partial charge in [0.25, 0.3) is 5.91 Å². The molecule has 276 valence electrons. The van der Waals surface area contributed by atoms with Crippen LogP contribution in [-0.4, -0.2) is 111 Å². The highest BCUT2D eigenvalue weighted by Gasteiger charge is 2.85. The van der Waals surface area contributed by atoms with Gasteiger partial charge in [-0.05, 0) is 47.8 Å². The standard InChI is InChI=1S/C33H52F2N6O7S/c1-9-13-36-29(44)26(42)21(14-23(34)35)37-28(43)25-20-12-10-11-19(20)15-41(25)30(45)27(32(4,5)6)39-31(46)38-22(16-40(7)49(8,47)48)33-17(2)24(33)18(33)3/h9,17-25,27H,1,10-16H2,2-8H3,(H,36,44)(H,37,43)(H2,38,39,46)/t17?,18?,19-,20-,21-,22+,24?,25-,27+,33?/m0/s1. The van der Waals surface area contributed by atoms with Crippen LogP contribution in [0.4, 0.5) is 13.6 Å². The molecule has 1 saturated heterocycles. The minimum absolute atomic E-state index is 0.0473. The van der Waals surface area contributed by atoms with Crippen molar-refractivity contribution in [2.24, 2.45) is 40.4 Å². The van der Waals surface area contributed by atoms with Crippen LogP contribution in [0.25, 0.3) is 0 Å². The molecule has 3 aliphatic carbocycles. The van der Waals surface area contributed by atoms with E-state index in [9.17, 15) is 41.2 Å². The summed E-state index contributed by atoms with van der Waals surface area (Å²) >= 11 is 0. The molecule has 4 rings (SSSR count). The fourth-order valence-corrected chi connectivity index (χ4v) is 9.12. The molecule has 0 aromatic rings. The second-order valence-electron chi connectivity index (χ2n) is 15.5. The van der Waals surface area contributed by atoms with Crippen molar-refractivity contribution < 1.29 is 41.2 Å². The molecule has 13 nitrogen and oxygen atoms in total. The van der Waals surface area contributed by atoms with Crippen LogP contribution in [0.15, 0.2) is 12.7 Å². The fourth-order valence-electron chi connectivity index (χ4n) is 8.70. The van der Waals surface area contributed by atoms with Gasteiger partial charge in [0.1, 0.15) is 18.1 Å². The lowest BCUT2D eigenvalue weighted by molar-refractivity contribution is -0.145. The molecular weight excluding hydrogens is 662 g/mol. The Balaban J connectivity index is 1.54. The monoisotopic (exact) mass is 714 g/mol. The number of alkyl halides is 2. The van der Waals surface area contributed by atoms with E-state index in [1.807, 2.05) is 0 Å². The summed E-state index contributed by atoms with van der Waals surface area (Å²) in [6, 6.07) is -5.19. The SMILES string of the molecule is C=CCNC(=O)C(=O)[C@H](CC(F)F)NC(=O)[C@@H]1[C@H]2CCC[C@H]2CN1C(=O)[C@@H](NC(=O)N[C@H](CN(C)S(C)(=O)=O)C12C(C)C1C2C)C(C)(C)C. The van der Waals surface area contributed by atoms with E-state index in [1.165, 1.54) is 22.3 Å². The van der Waals surface area contributed by atoms with Crippen molar-refractivity contribution >= 4 is 39.6 Å². The molecule has 1 heterocycles. The van der Waals surface area contributed by atoms with Gasteiger partial charge in [-0.1, -0.05) is 47.1 Å². The second-order valence-corrected chi connectivity index (χ2v) is 17.5. The molecule has 2 unspecified atom stereocenters. The highest BCUT2D eigenvalue weighted by molar-refractivity contribution is 7.88. The number of hydrogen-bond acceptors (Lipinski definition) is 7. The molecule has 0 radical (unpaired) electrons. The van der Waals surface area contributed by atoms with Crippen LogP contribution in [0.2, 0.25) is 0 Å². The van der Waals surface area contributed by atoms with E-state index in [1.54, 1.807) is 20.8 Å². The Morgan fingerprint density at radius 1 is 1.06 bits per heavy atom. The number of sulfonamides is 1. The molecule has 0 aromatic carbocycles. The molecule has 4 N–H and O–H groups in total. The number of carbonyl (C=O) groups excluding carboxylic acids is 5. The van der Waals surface area contributed by atoms with Gasteiger partial charge in [0.2, 0.25) is 34.0 Å². The zero-order valence-electron chi connectivity index (χ0n) is 29.4.